The van der Waals surface area contributed by atoms with Crippen molar-refractivity contribution in [2.24, 2.45) is 7.05 Å². The molecule has 0 spiro atoms. The van der Waals surface area contributed by atoms with E-state index in [0.717, 1.165) is 24.2 Å². The van der Waals surface area contributed by atoms with Crippen molar-refractivity contribution >= 4 is 22.9 Å². The molecular formula is C20H24N8O3S. The number of thioether (sulfide) groups is 1. The molecule has 0 aliphatic heterocycles. The van der Waals surface area contributed by atoms with Gasteiger partial charge in [-0.25, -0.2) is 14.5 Å². The van der Waals surface area contributed by atoms with E-state index >= 15 is 0 Å². The average molecular weight is 457 g/mol. The van der Waals surface area contributed by atoms with Crippen molar-refractivity contribution in [1.82, 2.24) is 34.0 Å². The first-order valence-corrected chi connectivity index (χ1v) is 11.1. The van der Waals surface area contributed by atoms with Crippen LogP contribution in [-0.4, -0.2) is 41.1 Å². The maximum Gasteiger partial charge on any atom is 0.330 e. The highest BCUT2D eigenvalue weighted by atomic mass is 32.2. The van der Waals surface area contributed by atoms with Gasteiger partial charge in [-0.3, -0.25) is 14.3 Å². The molecule has 1 aromatic carbocycles. The summed E-state index contributed by atoms with van der Waals surface area (Å²) in [7, 11) is 3.36. The lowest BCUT2D eigenvalue weighted by Crippen LogP contribution is -2.31. The van der Waals surface area contributed by atoms with Crippen LogP contribution in [0.2, 0.25) is 0 Å². The van der Waals surface area contributed by atoms with Gasteiger partial charge in [0.15, 0.2) is 17.0 Å². The molecule has 3 aromatic heterocycles. The van der Waals surface area contributed by atoms with E-state index in [-0.39, 0.29) is 0 Å². The second kappa shape index (κ2) is 8.91. The normalized spacial score (nSPS) is 11.3. The largest absolute Gasteiger partial charge is 0.497 e. The van der Waals surface area contributed by atoms with Gasteiger partial charge in [-0.2, -0.15) is 0 Å². The number of nitrogens with two attached hydrogens (primary N) is 1. The van der Waals surface area contributed by atoms with E-state index in [2.05, 4.69) is 20.2 Å². The molecule has 4 aromatic rings. The Bertz CT molecular complexity index is 1370. The summed E-state index contributed by atoms with van der Waals surface area (Å²) < 4.78 is 9.81. The number of hydrogen-bond acceptors (Lipinski definition) is 8. The summed E-state index contributed by atoms with van der Waals surface area (Å²) in [6, 6.07) is 7.36. The van der Waals surface area contributed by atoms with Crippen LogP contribution in [0.1, 0.15) is 25.6 Å². The summed E-state index contributed by atoms with van der Waals surface area (Å²) >= 11 is 1.34. The van der Waals surface area contributed by atoms with Gasteiger partial charge in [-0.1, -0.05) is 25.1 Å². The molecule has 3 N–H and O–H groups in total. The number of aromatic nitrogens is 7. The van der Waals surface area contributed by atoms with Crippen molar-refractivity contribution in [2.45, 2.75) is 37.2 Å². The van der Waals surface area contributed by atoms with Crippen LogP contribution in [0.3, 0.4) is 0 Å². The van der Waals surface area contributed by atoms with Crippen LogP contribution < -0.4 is 21.8 Å². The third-order valence-corrected chi connectivity index (χ3v) is 6.12. The molecule has 0 saturated heterocycles. The molecule has 12 heteroatoms. The molecule has 32 heavy (non-hydrogen) atoms. The van der Waals surface area contributed by atoms with Crippen LogP contribution in [-0.2, 0) is 19.3 Å². The number of nitrogens with one attached hydrogen (secondary N) is 1. The molecule has 0 aliphatic rings. The van der Waals surface area contributed by atoms with E-state index in [1.807, 2.05) is 31.2 Å². The molecular weight excluding hydrogens is 432 g/mol. The average Bonchev–Trinajstić information content (AvgIpc) is 3.32. The van der Waals surface area contributed by atoms with Gasteiger partial charge in [-0.05, 0) is 30.7 Å². The first-order valence-electron chi connectivity index (χ1n) is 10.1. The molecule has 0 radical (unpaired) electrons. The lowest BCUT2D eigenvalue weighted by Gasteiger charge is -2.05. The summed E-state index contributed by atoms with van der Waals surface area (Å²) in [5.74, 6) is 8.49. The summed E-state index contributed by atoms with van der Waals surface area (Å²) in [6.45, 7) is 2.53. The van der Waals surface area contributed by atoms with E-state index in [9.17, 15) is 9.59 Å². The molecule has 0 saturated carbocycles. The molecule has 168 valence electrons. The number of ether oxygens (including phenoxy) is 1. The number of aryl methyl sites for hydroxylation is 2. The van der Waals surface area contributed by atoms with E-state index in [4.69, 9.17) is 10.6 Å². The minimum absolute atomic E-state index is 0.365. The number of rotatable bonds is 8. The molecule has 0 amide bonds. The zero-order valence-corrected chi connectivity index (χ0v) is 18.8. The topological polar surface area (TPSA) is 139 Å². The predicted octanol–water partition coefficient (Wildman–Crippen LogP) is 1.50. The first-order chi connectivity index (χ1) is 15.4. The Labute approximate surface area is 187 Å². The van der Waals surface area contributed by atoms with Gasteiger partial charge in [0.05, 0.1) is 12.9 Å². The number of H-pyrrole nitrogens is 1. The summed E-state index contributed by atoms with van der Waals surface area (Å²) in [4.78, 5) is 31.7. The number of imidazole rings is 1. The standard InChI is InChI=1S/C20H24N8O3S/c1-4-5-10-27-17-15(18(29)23-19(27)30)26(2)14(22-17)11-32-20-25-24-16(28(20)21)12-6-8-13(31-3)9-7-12/h6-9H,4-5,10-11,21H2,1-3H3,(H,23,29,30). The Hall–Kier alpha value is -3.54. The van der Waals surface area contributed by atoms with Crippen LogP contribution in [0.25, 0.3) is 22.6 Å². The third-order valence-electron chi connectivity index (χ3n) is 5.18. The van der Waals surface area contributed by atoms with E-state index in [1.165, 1.54) is 21.0 Å². The molecule has 0 unspecified atom stereocenters. The summed E-state index contributed by atoms with van der Waals surface area (Å²) in [5, 5.41) is 8.87. The summed E-state index contributed by atoms with van der Waals surface area (Å²) in [6.07, 6.45) is 1.73. The number of hydrogen-bond donors (Lipinski definition) is 2. The SMILES string of the molecule is CCCCn1c(=O)[nH]c(=O)c2c1nc(CSc1nnc(-c3ccc(OC)cc3)n1N)n2C. The fourth-order valence-corrected chi connectivity index (χ4v) is 4.23. The Morgan fingerprint density at radius 2 is 1.94 bits per heavy atom. The van der Waals surface area contributed by atoms with E-state index in [1.54, 1.807) is 18.7 Å². The predicted molar refractivity (Wildman–Crippen MR) is 122 cm³/mol. The quantitative estimate of drug-likeness (QED) is 0.300. The van der Waals surface area contributed by atoms with Gasteiger partial charge < -0.3 is 15.1 Å². The smallest absolute Gasteiger partial charge is 0.330 e. The molecule has 0 bridgehead atoms. The highest BCUT2D eigenvalue weighted by Crippen LogP contribution is 2.26. The maximum absolute atomic E-state index is 12.4. The highest BCUT2D eigenvalue weighted by molar-refractivity contribution is 7.98. The number of nitrogens with zero attached hydrogens (tertiary/aromatic N) is 6. The van der Waals surface area contributed by atoms with Crippen LogP contribution in [0.5, 0.6) is 5.75 Å². The van der Waals surface area contributed by atoms with Crippen molar-refractivity contribution < 1.29 is 4.74 Å². The molecule has 0 atom stereocenters. The minimum Gasteiger partial charge on any atom is -0.497 e. The lowest BCUT2D eigenvalue weighted by atomic mass is 10.2. The summed E-state index contributed by atoms with van der Waals surface area (Å²) in [5.41, 5.74) is 0.664. The molecule has 0 fully saturated rings. The molecule has 3 heterocycles. The Morgan fingerprint density at radius 3 is 2.62 bits per heavy atom. The number of fused-ring (bicyclic) bond motifs is 1. The second-order valence-electron chi connectivity index (χ2n) is 7.22. The molecule has 4 rings (SSSR count). The van der Waals surface area contributed by atoms with Crippen molar-refractivity contribution in [3.05, 3.63) is 50.9 Å². The van der Waals surface area contributed by atoms with Gasteiger partial charge in [0.25, 0.3) is 5.56 Å². The van der Waals surface area contributed by atoms with Crippen LogP contribution in [0.4, 0.5) is 0 Å². The lowest BCUT2D eigenvalue weighted by molar-refractivity contribution is 0.415. The van der Waals surface area contributed by atoms with Gasteiger partial charge in [0.1, 0.15) is 11.6 Å². The zero-order chi connectivity index (χ0) is 22.8. The molecule has 0 aliphatic carbocycles. The van der Waals surface area contributed by atoms with Crippen LogP contribution >= 0.6 is 11.8 Å². The highest BCUT2D eigenvalue weighted by Gasteiger charge is 2.18. The first kappa shape index (κ1) is 21.7. The van der Waals surface area contributed by atoms with Crippen molar-refractivity contribution in [2.75, 3.05) is 13.0 Å². The number of unbranched alkanes of at least 4 members (excludes halogenated alkanes) is 1. The van der Waals surface area contributed by atoms with Crippen LogP contribution in [0, 0.1) is 0 Å². The number of aromatic amines is 1. The van der Waals surface area contributed by atoms with Crippen molar-refractivity contribution in [3.63, 3.8) is 0 Å². The Balaban J connectivity index is 1.61. The van der Waals surface area contributed by atoms with Gasteiger partial charge in [0, 0.05) is 19.2 Å². The van der Waals surface area contributed by atoms with Crippen LogP contribution in [0.15, 0.2) is 39.0 Å². The molecule has 11 nitrogen and oxygen atoms in total. The number of nitrogen functional groups attached to an aromatic ring is 1. The monoisotopic (exact) mass is 456 g/mol. The maximum atomic E-state index is 12.4. The Morgan fingerprint density at radius 1 is 1.19 bits per heavy atom. The van der Waals surface area contributed by atoms with Crippen molar-refractivity contribution in [3.8, 4) is 17.1 Å². The van der Waals surface area contributed by atoms with Gasteiger partial charge >= 0.3 is 5.69 Å². The van der Waals surface area contributed by atoms with E-state index < -0.39 is 11.2 Å². The van der Waals surface area contributed by atoms with E-state index in [0.29, 0.717) is 40.3 Å². The number of benzene rings is 1. The number of methoxy groups -OCH3 is 1. The third kappa shape index (κ3) is 3.88. The van der Waals surface area contributed by atoms with Crippen molar-refractivity contribution in [1.29, 1.82) is 0 Å². The van der Waals surface area contributed by atoms with Gasteiger partial charge in [0.2, 0.25) is 5.16 Å². The zero-order valence-electron chi connectivity index (χ0n) is 18.0. The fraction of sp³-hybridized carbons (Fsp3) is 0.350. The minimum atomic E-state index is -0.451. The van der Waals surface area contributed by atoms with Gasteiger partial charge in [-0.15, -0.1) is 10.2 Å². The Kier molecular flexibility index (Phi) is 6.04. The fourth-order valence-electron chi connectivity index (χ4n) is 3.39. The second-order valence-corrected chi connectivity index (χ2v) is 8.16.